The Bertz CT molecular complexity index is 222. The number of ether oxygens (including phenoxy) is 1. The van der Waals surface area contributed by atoms with Crippen LogP contribution >= 0.6 is 0 Å². The zero-order valence-corrected chi connectivity index (χ0v) is 7.16. The van der Waals surface area contributed by atoms with Gasteiger partial charge in [-0.1, -0.05) is 0 Å². The van der Waals surface area contributed by atoms with E-state index in [0.29, 0.717) is 12.6 Å². The topological polar surface area (TPSA) is 61.0 Å². The van der Waals surface area contributed by atoms with Crippen LogP contribution in [-0.2, 0) is 6.42 Å². The molecule has 0 aromatic carbocycles. The number of hydrogen-bond acceptors (Lipinski definition) is 4. The summed E-state index contributed by atoms with van der Waals surface area (Å²) in [6.45, 7) is 0.700. The number of nitrogens with two attached hydrogens (primary N) is 1. The Morgan fingerprint density at radius 1 is 1.42 bits per heavy atom. The lowest BCUT2D eigenvalue weighted by atomic mass is 10.2. The molecule has 0 fully saturated rings. The summed E-state index contributed by atoms with van der Waals surface area (Å²) in [5.74, 6) is 0. The average molecular weight is 167 g/mol. The standard InChI is InChI=1S/C8H13N3O/c1-12-8-10-5-7(6-11-8)3-2-4-9/h5-6H,2-4,9H2,1H3. The van der Waals surface area contributed by atoms with Gasteiger partial charge in [-0.05, 0) is 24.9 Å². The van der Waals surface area contributed by atoms with Crippen molar-refractivity contribution in [3.63, 3.8) is 0 Å². The van der Waals surface area contributed by atoms with Crippen LogP contribution in [0.25, 0.3) is 0 Å². The summed E-state index contributed by atoms with van der Waals surface area (Å²) in [6.07, 6.45) is 5.43. The molecule has 1 aromatic heterocycles. The third-order valence-corrected chi connectivity index (χ3v) is 1.53. The fourth-order valence-electron chi connectivity index (χ4n) is 0.884. The molecule has 0 bridgehead atoms. The fourth-order valence-corrected chi connectivity index (χ4v) is 0.884. The summed E-state index contributed by atoms with van der Waals surface area (Å²) in [6, 6.07) is 0.409. The number of methoxy groups -OCH3 is 1. The summed E-state index contributed by atoms with van der Waals surface area (Å²) < 4.78 is 4.83. The average Bonchev–Trinajstić information content (AvgIpc) is 2.15. The highest BCUT2D eigenvalue weighted by Gasteiger charge is 1.95. The summed E-state index contributed by atoms with van der Waals surface area (Å²) in [5.41, 5.74) is 6.47. The van der Waals surface area contributed by atoms with Crippen molar-refractivity contribution in [2.24, 2.45) is 5.73 Å². The first-order chi connectivity index (χ1) is 5.86. The molecule has 4 heteroatoms. The molecule has 1 aromatic rings. The zero-order valence-electron chi connectivity index (χ0n) is 7.16. The predicted molar refractivity (Wildman–Crippen MR) is 46.0 cm³/mol. The first kappa shape index (κ1) is 8.93. The summed E-state index contributed by atoms with van der Waals surface area (Å²) in [4.78, 5) is 7.95. The van der Waals surface area contributed by atoms with Crippen molar-refractivity contribution in [2.45, 2.75) is 12.8 Å². The highest BCUT2D eigenvalue weighted by molar-refractivity contribution is 5.07. The smallest absolute Gasteiger partial charge is 0.316 e. The number of aryl methyl sites for hydroxylation is 1. The second-order valence-corrected chi connectivity index (χ2v) is 2.47. The zero-order chi connectivity index (χ0) is 8.81. The summed E-state index contributed by atoms with van der Waals surface area (Å²) >= 11 is 0. The lowest BCUT2D eigenvalue weighted by Crippen LogP contribution is -2.01. The number of hydrogen-bond donors (Lipinski definition) is 1. The van der Waals surface area contributed by atoms with Crippen molar-refractivity contribution < 1.29 is 4.74 Å². The Balaban J connectivity index is 2.53. The van der Waals surface area contributed by atoms with E-state index in [1.54, 1.807) is 19.5 Å². The number of nitrogens with zero attached hydrogens (tertiary/aromatic N) is 2. The van der Waals surface area contributed by atoms with Crippen molar-refractivity contribution in [3.05, 3.63) is 18.0 Å². The van der Waals surface area contributed by atoms with Gasteiger partial charge in [0.1, 0.15) is 0 Å². The Kier molecular flexibility index (Phi) is 3.47. The van der Waals surface area contributed by atoms with Gasteiger partial charge in [-0.25, -0.2) is 9.97 Å². The van der Waals surface area contributed by atoms with Gasteiger partial charge in [0.15, 0.2) is 0 Å². The Morgan fingerprint density at radius 2 is 2.08 bits per heavy atom. The third kappa shape index (κ3) is 2.47. The van der Waals surface area contributed by atoms with Gasteiger partial charge < -0.3 is 10.5 Å². The number of aromatic nitrogens is 2. The van der Waals surface area contributed by atoms with Gasteiger partial charge in [-0.15, -0.1) is 0 Å². The van der Waals surface area contributed by atoms with Crippen LogP contribution in [0, 0.1) is 0 Å². The SMILES string of the molecule is COc1ncc(CCCN)cn1. The van der Waals surface area contributed by atoms with Crippen molar-refractivity contribution in [2.75, 3.05) is 13.7 Å². The van der Waals surface area contributed by atoms with E-state index in [1.807, 2.05) is 0 Å². The lowest BCUT2D eigenvalue weighted by Gasteiger charge is -1.99. The third-order valence-electron chi connectivity index (χ3n) is 1.53. The molecule has 0 aliphatic carbocycles. The molecule has 0 saturated carbocycles. The molecule has 2 N–H and O–H groups in total. The number of rotatable bonds is 4. The quantitative estimate of drug-likeness (QED) is 0.704. The lowest BCUT2D eigenvalue weighted by molar-refractivity contribution is 0.379. The fraction of sp³-hybridized carbons (Fsp3) is 0.500. The largest absolute Gasteiger partial charge is 0.467 e. The van der Waals surface area contributed by atoms with E-state index >= 15 is 0 Å². The minimum absolute atomic E-state index is 0.409. The van der Waals surface area contributed by atoms with Gasteiger partial charge in [0, 0.05) is 12.4 Å². The van der Waals surface area contributed by atoms with E-state index in [9.17, 15) is 0 Å². The Morgan fingerprint density at radius 3 is 2.58 bits per heavy atom. The highest BCUT2D eigenvalue weighted by Crippen LogP contribution is 2.03. The van der Waals surface area contributed by atoms with E-state index in [-0.39, 0.29) is 0 Å². The second-order valence-electron chi connectivity index (χ2n) is 2.47. The van der Waals surface area contributed by atoms with Gasteiger partial charge in [-0.3, -0.25) is 0 Å². The van der Waals surface area contributed by atoms with Crippen LogP contribution in [0.3, 0.4) is 0 Å². The van der Waals surface area contributed by atoms with Crippen molar-refractivity contribution in [3.8, 4) is 6.01 Å². The van der Waals surface area contributed by atoms with Gasteiger partial charge in [0.05, 0.1) is 7.11 Å². The first-order valence-corrected chi connectivity index (χ1v) is 3.92. The first-order valence-electron chi connectivity index (χ1n) is 3.92. The second kappa shape index (κ2) is 4.66. The summed E-state index contributed by atoms with van der Waals surface area (Å²) in [7, 11) is 1.55. The minimum atomic E-state index is 0.409. The van der Waals surface area contributed by atoms with Crippen molar-refractivity contribution >= 4 is 0 Å². The molecule has 4 nitrogen and oxygen atoms in total. The predicted octanol–water partition coefficient (Wildman–Crippen LogP) is 0.376. The molecule has 12 heavy (non-hydrogen) atoms. The Labute approximate surface area is 71.8 Å². The maximum absolute atomic E-state index is 5.37. The molecule has 1 heterocycles. The van der Waals surface area contributed by atoms with Crippen LogP contribution in [0.15, 0.2) is 12.4 Å². The van der Waals surface area contributed by atoms with Gasteiger partial charge in [-0.2, -0.15) is 0 Å². The van der Waals surface area contributed by atoms with Crippen molar-refractivity contribution in [1.29, 1.82) is 0 Å². The molecule has 66 valence electrons. The van der Waals surface area contributed by atoms with E-state index in [0.717, 1.165) is 18.4 Å². The van der Waals surface area contributed by atoms with Crippen LogP contribution < -0.4 is 10.5 Å². The van der Waals surface area contributed by atoms with E-state index in [1.165, 1.54) is 0 Å². The van der Waals surface area contributed by atoms with Crippen LogP contribution in [-0.4, -0.2) is 23.6 Å². The van der Waals surface area contributed by atoms with Crippen LogP contribution in [0.2, 0.25) is 0 Å². The molecule has 0 radical (unpaired) electrons. The molecule has 0 amide bonds. The van der Waals surface area contributed by atoms with Gasteiger partial charge in [0.2, 0.25) is 0 Å². The molecular weight excluding hydrogens is 154 g/mol. The molecule has 0 spiro atoms. The van der Waals surface area contributed by atoms with Crippen LogP contribution in [0.4, 0.5) is 0 Å². The maximum Gasteiger partial charge on any atom is 0.316 e. The van der Waals surface area contributed by atoms with E-state index in [2.05, 4.69) is 9.97 Å². The van der Waals surface area contributed by atoms with E-state index in [4.69, 9.17) is 10.5 Å². The van der Waals surface area contributed by atoms with Gasteiger partial charge in [0.25, 0.3) is 0 Å². The highest BCUT2D eigenvalue weighted by atomic mass is 16.5. The van der Waals surface area contributed by atoms with Crippen LogP contribution in [0.5, 0.6) is 6.01 Å². The monoisotopic (exact) mass is 167 g/mol. The summed E-state index contributed by atoms with van der Waals surface area (Å²) in [5, 5.41) is 0. The molecule has 0 unspecified atom stereocenters. The molecule has 0 aliphatic heterocycles. The normalized spacial score (nSPS) is 9.83. The molecule has 0 aliphatic rings. The molecule has 0 saturated heterocycles. The molecular formula is C8H13N3O. The Hall–Kier alpha value is -1.16. The van der Waals surface area contributed by atoms with Crippen molar-refractivity contribution in [1.82, 2.24) is 9.97 Å². The molecule has 0 atom stereocenters. The minimum Gasteiger partial charge on any atom is -0.467 e. The van der Waals surface area contributed by atoms with Crippen LogP contribution in [0.1, 0.15) is 12.0 Å². The van der Waals surface area contributed by atoms with Gasteiger partial charge >= 0.3 is 6.01 Å². The molecule has 1 rings (SSSR count). The van der Waals surface area contributed by atoms with E-state index < -0.39 is 0 Å². The maximum atomic E-state index is 5.37.